The van der Waals surface area contributed by atoms with Gasteiger partial charge in [-0.25, -0.2) is 0 Å². The maximum Gasteiger partial charge on any atom is 0.117 e. The molecule has 0 radical (unpaired) electrons. The molecule has 5 heteroatoms. The molecule has 1 N–H and O–H groups in total. The van der Waals surface area contributed by atoms with E-state index in [0.29, 0.717) is 19.7 Å². The van der Waals surface area contributed by atoms with Gasteiger partial charge in [-0.05, 0) is 45.0 Å². The maximum absolute atomic E-state index is 10.2. The number of hydrogen-bond donors (Lipinski definition) is 1. The zero-order valence-corrected chi connectivity index (χ0v) is 14.3. The molecule has 0 aliphatic rings. The van der Waals surface area contributed by atoms with Crippen molar-refractivity contribution in [1.29, 1.82) is 0 Å². The highest BCUT2D eigenvalue weighted by Crippen LogP contribution is 2.19. The van der Waals surface area contributed by atoms with Gasteiger partial charge in [0, 0.05) is 22.8 Å². The van der Waals surface area contributed by atoms with Crippen LogP contribution in [0.1, 0.15) is 29.4 Å². The molecule has 22 heavy (non-hydrogen) atoms. The second-order valence-electron chi connectivity index (χ2n) is 5.80. The largest absolute Gasteiger partial charge is 0.468 e. The van der Waals surface area contributed by atoms with Gasteiger partial charge in [0.1, 0.15) is 5.76 Å². The Morgan fingerprint density at radius 1 is 1.27 bits per heavy atom. The molecule has 2 heterocycles. The summed E-state index contributed by atoms with van der Waals surface area (Å²) in [5.41, 5.74) is 0. The Kier molecular flexibility index (Phi) is 6.64. The quantitative estimate of drug-likeness (QED) is 0.768. The molecule has 2 rings (SSSR count). The van der Waals surface area contributed by atoms with E-state index in [4.69, 9.17) is 9.15 Å². The Morgan fingerprint density at radius 3 is 2.68 bits per heavy atom. The van der Waals surface area contributed by atoms with Crippen LogP contribution >= 0.6 is 11.3 Å². The lowest BCUT2D eigenvalue weighted by Gasteiger charge is -2.24. The van der Waals surface area contributed by atoms with Gasteiger partial charge in [-0.2, -0.15) is 0 Å². The first-order chi connectivity index (χ1) is 10.5. The average molecular weight is 323 g/mol. The fraction of sp³-hybridized carbons (Fsp3) is 0.529. The molecule has 0 saturated heterocycles. The lowest BCUT2D eigenvalue weighted by atomic mass is 10.3. The molecular formula is C17H25NO3S. The fourth-order valence-corrected chi connectivity index (χ4v) is 3.19. The van der Waals surface area contributed by atoms with Crippen molar-refractivity contribution in [3.63, 3.8) is 0 Å². The van der Waals surface area contributed by atoms with Crippen LogP contribution < -0.4 is 0 Å². The number of ether oxygens (including phenoxy) is 1. The van der Waals surface area contributed by atoms with E-state index in [0.717, 1.165) is 12.3 Å². The summed E-state index contributed by atoms with van der Waals surface area (Å²) in [5.74, 6) is 0.908. The Hall–Kier alpha value is -1.14. The molecule has 4 nitrogen and oxygen atoms in total. The first kappa shape index (κ1) is 17.2. The predicted octanol–water partition coefficient (Wildman–Crippen LogP) is 3.44. The summed E-state index contributed by atoms with van der Waals surface area (Å²) in [6, 6.07) is 8.13. The van der Waals surface area contributed by atoms with Crippen molar-refractivity contribution in [2.24, 2.45) is 0 Å². The summed E-state index contributed by atoms with van der Waals surface area (Å²) >= 11 is 1.79. The van der Waals surface area contributed by atoms with Crippen LogP contribution in [-0.2, 0) is 17.8 Å². The lowest BCUT2D eigenvalue weighted by Crippen LogP contribution is -2.34. The van der Waals surface area contributed by atoms with Crippen LogP contribution in [0.25, 0.3) is 0 Å². The molecular weight excluding hydrogens is 298 g/mol. The summed E-state index contributed by atoms with van der Waals surface area (Å²) in [4.78, 5) is 4.79. The molecule has 0 aliphatic carbocycles. The number of thiophene rings is 1. The van der Waals surface area contributed by atoms with Crippen molar-refractivity contribution in [1.82, 2.24) is 4.90 Å². The lowest BCUT2D eigenvalue weighted by molar-refractivity contribution is -0.0112. The van der Waals surface area contributed by atoms with E-state index in [1.165, 1.54) is 9.75 Å². The average Bonchev–Trinajstić information content (AvgIpc) is 3.08. The monoisotopic (exact) mass is 323 g/mol. The van der Waals surface area contributed by atoms with Gasteiger partial charge in [-0.1, -0.05) is 0 Å². The van der Waals surface area contributed by atoms with Crippen LogP contribution in [0.4, 0.5) is 0 Å². The maximum atomic E-state index is 10.2. The fourth-order valence-electron chi connectivity index (χ4n) is 2.25. The summed E-state index contributed by atoms with van der Waals surface area (Å²) in [7, 11) is 0. The summed E-state index contributed by atoms with van der Waals surface area (Å²) in [6.45, 7) is 8.46. The van der Waals surface area contributed by atoms with Crippen LogP contribution in [0.15, 0.2) is 34.9 Å². The first-order valence-electron chi connectivity index (χ1n) is 7.62. The van der Waals surface area contributed by atoms with Crippen molar-refractivity contribution in [2.45, 2.75) is 46.1 Å². The minimum atomic E-state index is -0.501. The highest BCUT2D eigenvalue weighted by Gasteiger charge is 2.15. The van der Waals surface area contributed by atoms with Gasteiger partial charge in [0.15, 0.2) is 0 Å². The summed E-state index contributed by atoms with van der Waals surface area (Å²) in [5, 5.41) is 10.2. The molecule has 0 fully saturated rings. The SMILES string of the molecule is Cc1ccc(CN(Cc2ccco2)C[C@H](O)COC(C)C)s1. The Labute approximate surface area is 136 Å². The number of hydrogen-bond acceptors (Lipinski definition) is 5. The molecule has 2 aromatic rings. The number of aryl methyl sites for hydroxylation is 1. The molecule has 0 aromatic carbocycles. The summed E-state index contributed by atoms with van der Waals surface area (Å²) in [6.07, 6.45) is 1.31. The Morgan fingerprint density at radius 2 is 2.09 bits per heavy atom. The van der Waals surface area contributed by atoms with E-state index < -0.39 is 6.10 Å². The van der Waals surface area contributed by atoms with Crippen molar-refractivity contribution < 1.29 is 14.3 Å². The van der Waals surface area contributed by atoms with Crippen molar-refractivity contribution in [2.75, 3.05) is 13.2 Å². The third-order valence-electron chi connectivity index (χ3n) is 3.23. The number of aliphatic hydroxyl groups excluding tert-OH is 1. The van der Waals surface area contributed by atoms with E-state index >= 15 is 0 Å². The number of aliphatic hydroxyl groups is 1. The second kappa shape index (κ2) is 8.48. The molecule has 0 aliphatic heterocycles. The number of nitrogens with zero attached hydrogens (tertiary/aromatic N) is 1. The third kappa shape index (κ3) is 5.93. The minimum absolute atomic E-state index is 0.133. The van der Waals surface area contributed by atoms with E-state index in [9.17, 15) is 5.11 Å². The van der Waals surface area contributed by atoms with E-state index in [2.05, 4.69) is 24.0 Å². The van der Waals surface area contributed by atoms with Crippen LogP contribution in [0.5, 0.6) is 0 Å². The molecule has 0 bridgehead atoms. The molecule has 2 aromatic heterocycles. The van der Waals surface area contributed by atoms with Gasteiger partial charge in [0.25, 0.3) is 0 Å². The molecule has 122 valence electrons. The van der Waals surface area contributed by atoms with Gasteiger partial charge < -0.3 is 14.3 Å². The van der Waals surface area contributed by atoms with Crippen LogP contribution in [0.2, 0.25) is 0 Å². The van der Waals surface area contributed by atoms with Crippen molar-refractivity contribution in [3.8, 4) is 0 Å². The third-order valence-corrected chi connectivity index (χ3v) is 4.21. The highest BCUT2D eigenvalue weighted by molar-refractivity contribution is 7.11. The van der Waals surface area contributed by atoms with Crippen LogP contribution in [0, 0.1) is 6.92 Å². The highest BCUT2D eigenvalue weighted by atomic mass is 32.1. The second-order valence-corrected chi connectivity index (χ2v) is 7.17. The molecule has 0 unspecified atom stereocenters. The first-order valence-corrected chi connectivity index (χ1v) is 8.44. The van der Waals surface area contributed by atoms with E-state index in [1.54, 1.807) is 17.6 Å². The minimum Gasteiger partial charge on any atom is -0.468 e. The summed E-state index contributed by atoms with van der Waals surface area (Å²) < 4.78 is 10.9. The smallest absolute Gasteiger partial charge is 0.117 e. The van der Waals surface area contributed by atoms with Gasteiger partial charge >= 0.3 is 0 Å². The van der Waals surface area contributed by atoms with Crippen molar-refractivity contribution in [3.05, 3.63) is 46.0 Å². The normalized spacial score (nSPS) is 13.2. The van der Waals surface area contributed by atoms with Gasteiger partial charge in [0.2, 0.25) is 0 Å². The Bertz CT molecular complexity index is 536. The topological polar surface area (TPSA) is 45.8 Å². The number of rotatable bonds is 9. The van der Waals surface area contributed by atoms with Crippen molar-refractivity contribution >= 4 is 11.3 Å². The van der Waals surface area contributed by atoms with E-state index in [1.807, 2.05) is 26.0 Å². The van der Waals surface area contributed by atoms with Gasteiger partial charge in [-0.15, -0.1) is 11.3 Å². The number of furan rings is 1. The molecule has 1 atom stereocenters. The van der Waals surface area contributed by atoms with E-state index in [-0.39, 0.29) is 6.10 Å². The molecule has 0 amide bonds. The van der Waals surface area contributed by atoms with Crippen LogP contribution in [-0.4, -0.2) is 35.4 Å². The van der Waals surface area contributed by atoms with Gasteiger partial charge in [0.05, 0.1) is 31.6 Å². The Balaban J connectivity index is 1.94. The standard InChI is InChI=1S/C17H25NO3S/c1-13(2)21-12-15(19)9-18(10-16-5-4-8-20-16)11-17-7-6-14(3)22-17/h4-8,13,15,19H,9-12H2,1-3H3/t15-/m0/s1. The zero-order valence-electron chi connectivity index (χ0n) is 13.5. The predicted molar refractivity (Wildman–Crippen MR) is 89.0 cm³/mol. The molecule has 0 saturated carbocycles. The van der Waals surface area contributed by atoms with Gasteiger partial charge in [-0.3, -0.25) is 4.90 Å². The van der Waals surface area contributed by atoms with Crippen LogP contribution in [0.3, 0.4) is 0 Å². The zero-order chi connectivity index (χ0) is 15.9. The molecule has 0 spiro atoms.